The van der Waals surface area contributed by atoms with Crippen molar-refractivity contribution in [1.29, 1.82) is 0 Å². The fraction of sp³-hybridized carbons (Fsp3) is 0.524. The molecule has 0 saturated carbocycles. The Morgan fingerprint density at radius 3 is 2.59 bits per heavy atom. The Morgan fingerprint density at radius 2 is 1.93 bits per heavy atom. The molecule has 3 rings (SSSR count). The maximum absolute atomic E-state index is 13.1. The number of carbonyl (C=O) groups is 1. The van der Waals surface area contributed by atoms with Gasteiger partial charge in [0, 0.05) is 20.2 Å². The largest absolute Gasteiger partial charge is 0.487 e. The molecule has 1 aromatic carbocycles. The molecule has 0 spiro atoms. The lowest BCUT2D eigenvalue weighted by atomic mass is 9.93. The number of piperidine rings is 1. The van der Waals surface area contributed by atoms with Crippen LogP contribution in [0, 0.1) is 5.92 Å². The summed E-state index contributed by atoms with van der Waals surface area (Å²) in [5.74, 6) is 1.12. The van der Waals surface area contributed by atoms with E-state index in [2.05, 4.69) is 10.4 Å². The van der Waals surface area contributed by atoms with Crippen molar-refractivity contribution in [2.75, 3.05) is 47.0 Å². The standard InChI is InChI=1S/C21H30N4O3.ClH/c1-22-11-8-17-9-12-24(13-10-17)21(26)20-19(28-15-14-27-2)16-25(23-20)18-6-4-3-5-7-18;/h3-7,16-17,22H,8-15H2,1-2H3;1H. The number of hydrogen-bond donors (Lipinski definition) is 1. The number of halogens is 1. The number of hydrogen-bond acceptors (Lipinski definition) is 5. The first kappa shape index (κ1) is 23.2. The number of amides is 1. The fourth-order valence-corrected chi connectivity index (χ4v) is 3.48. The molecule has 0 radical (unpaired) electrons. The third-order valence-electron chi connectivity index (χ3n) is 5.15. The van der Waals surface area contributed by atoms with Crippen LogP contribution in [0.3, 0.4) is 0 Å². The zero-order chi connectivity index (χ0) is 19.8. The number of aromatic nitrogens is 2. The van der Waals surface area contributed by atoms with Gasteiger partial charge in [0.05, 0.1) is 18.5 Å². The number of rotatable bonds is 9. The topological polar surface area (TPSA) is 68.6 Å². The summed E-state index contributed by atoms with van der Waals surface area (Å²) in [6.45, 7) is 3.40. The van der Waals surface area contributed by atoms with E-state index >= 15 is 0 Å². The number of carbonyl (C=O) groups excluding carboxylic acids is 1. The van der Waals surface area contributed by atoms with Crippen LogP contribution in [-0.2, 0) is 4.74 Å². The molecule has 1 aliphatic rings. The quantitative estimate of drug-likeness (QED) is 0.629. The van der Waals surface area contributed by atoms with Crippen molar-refractivity contribution >= 4 is 18.3 Å². The van der Waals surface area contributed by atoms with E-state index in [1.165, 1.54) is 0 Å². The Bertz CT molecular complexity index is 746. The first-order valence-corrected chi connectivity index (χ1v) is 9.93. The third-order valence-corrected chi connectivity index (χ3v) is 5.15. The van der Waals surface area contributed by atoms with Gasteiger partial charge in [0.15, 0.2) is 11.4 Å². The molecule has 8 heteroatoms. The molecule has 0 bridgehead atoms. The third kappa shape index (κ3) is 6.19. The highest BCUT2D eigenvalue weighted by Crippen LogP contribution is 2.25. The van der Waals surface area contributed by atoms with Gasteiger partial charge in [-0.3, -0.25) is 4.79 Å². The Hall–Kier alpha value is -2.09. The zero-order valence-electron chi connectivity index (χ0n) is 17.2. The second-order valence-corrected chi connectivity index (χ2v) is 7.09. The number of methoxy groups -OCH3 is 1. The summed E-state index contributed by atoms with van der Waals surface area (Å²) in [6, 6.07) is 9.74. The van der Waals surface area contributed by atoms with Crippen LogP contribution in [0.1, 0.15) is 29.8 Å². The highest BCUT2D eigenvalue weighted by atomic mass is 35.5. The van der Waals surface area contributed by atoms with Gasteiger partial charge in [0.25, 0.3) is 5.91 Å². The van der Waals surface area contributed by atoms with E-state index in [0.717, 1.165) is 44.6 Å². The molecular weight excluding hydrogens is 392 g/mol. The molecule has 1 N–H and O–H groups in total. The van der Waals surface area contributed by atoms with Crippen molar-refractivity contribution in [2.45, 2.75) is 19.3 Å². The summed E-state index contributed by atoms with van der Waals surface area (Å²) >= 11 is 0. The van der Waals surface area contributed by atoms with Crippen LogP contribution in [0.2, 0.25) is 0 Å². The van der Waals surface area contributed by atoms with Gasteiger partial charge in [-0.25, -0.2) is 4.68 Å². The molecule has 0 atom stereocenters. The van der Waals surface area contributed by atoms with Gasteiger partial charge in [-0.15, -0.1) is 12.4 Å². The van der Waals surface area contributed by atoms with E-state index in [4.69, 9.17) is 9.47 Å². The Labute approximate surface area is 178 Å². The van der Waals surface area contributed by atoms with Gasteiger partial charge in [-0.1, -0.05) is 18.2 Å². The maximum atomic E-state index is 13.1. The van der Waals surface area contributed by atoms with E-state index in [1.807, 2.05) is 42.3 Å². The van der Waals surface area contributed by atoms with Crippen molar-refractivity contribution in [3.05, 3.63) is 42.2 Å². The Balaban J connectivity index is 0.00000300. The van der Waals surface area contributed by atoms with Crippen molar-refractivity contribution in [3.63, 3.8) is 0 Å². The van der Waals surface area contributed by atoms with Crippen LogP contribution in [0.15, 0.2) is 36.5 Å². The lowest BCUT2D eigenvalue weighted by Crippen LogP contribution is -2.39. The summed E-state index contributed by atoms with van der Waals surface area (Å²) in [5, 5.41) is 7.76. The lowest BCUT2D eigenvalue weighted by molar-refractivity contribution is 0.0674. The predicted molar refractivity (Wildman–Crippen MR) is 115 cm³/mol. The number of ether oxygens (including phenoxy) is 2. The summed E-state index contributed by atoms with van der Waals surface area (Å²) in [6.07, 6.45) is 5.00. The number of nitrogens with one attached hydrogen (secondary N) is 1. The summed E-state index contributed by atoms with van der Waals surface area (Å²) < 4.78 is 12.6. The average Bonchev–Trinajstić information content (AvgIpc) is 3.17. The average molecular weight is 423 g/mol. The van der Waals surface area contributed by atoms with Gasteiger partial charge in [0.2, 0.25) is 0 Å². The van der Waals surface area contributed by atoms with Crippen LogP contribution in [0.25, 0.3) is 5.69 Å². The van der Waals surface area contributed by atoms with E-state index in [0.29, 0.717) is 30.6 Å². The monoisotopic (exact) mass is 422 g/mol. The minimum absolute atomic E-state index is 0. The SMILES string of the molecule is CNCCC1CCN(C(=O)c2nn(-c3ccccc3)cc2OCCOC)CC1.Cl. The minimum Gasteiger partial charge on any atom is -0.487 e. The predicted octanol–water partition coefficient (Wildman–Crippen LogP) is 2.78. The number of nitrogens with zero attached hydrogens (tertiary/aromatic N) is 3. The van der Waals surface area contributed by atoms with E-state index in [9.17, 15) is 4.79 Å². The number of likely N-dealkylation sites (tertiary alicyclic amines) is 1. The summed E-state index contributed by atoms with van der Waals surface area (Å²) in [5.41, 5.74) is 1.26. The summed E-state index contributed by atoms with van der Waals surface area (Å²) in [7, 11) is 3.61. The highest BCUT2D eigenvalue weighted by molar-refractivity contribution is 5.95. The van der Waals surface area contributed by atoms with Crippen molar-refractivity contribution in [3.8, 4) is 11.4 Å². The van der Waals surface area contributed by atoms with E-state index in [-0.39, 0.29) is 18.3 Å². The molecule has 0 aliphatic carbocycles. The van der Waals surface area contributed by atoms with Crippen molar-refractivity contribution < 1.29 is 14.3 Å². The highest BCUT2D eigenvalue weighted by Gasteiger charge is 2.28. The molecule has 0 unspecified atom stereocenters. The van der Waals surface area contributed by atoms with Gasteiger partial charge < -0.3 is 19.7 Å². The Kier molecular flexibility index (Phi) is 9.44. The molecule has 2 aromatic rings. The number of benzene rings is 1. The molecule has 1 fully saturated rings. The molecule has 1 aromatic heterocycles. The van der Waals surface area contributed by atoms with Crippen LogP contribution in [0.4, 0.5) is 0 Å². The van der Waals surface area contributed by atoms with Gasteiger partial charge >= 0.3 is 0 Å². The van der Waals surface area contributed by atoms with Crippen LogP contribution in [-0.4, -0.2) is 67.6 Å². The maximum Gasteiger partial charge on any atom is 0.278 e. The van der Waals surface area contributed by atoms with Crippen molar-refractivity contribution in [1.82, 2.24) is 20.0 Å². The first-order valence-electron chi connectivity index (χ1n) is 9.93. The minimum atomic E-state index is -0.0610. The lowest BCUT2D eigenvalue weighted by Gasteiger charge is -2.31. The molecule has 2 heterocycles. The smallest absolute Gasteiger partial charge is 0.278 e. The van der Waals surface area contributed by atoms with Crippen molar-refractivity contribution in [2.24, 2.45) is 5.92 Å². The zero-order valence-corrected chi connectivity index (χ0v) is 18.0. The Morgan fingerprint density at radius 1 is 1.21 bits per heavy atom. The van der Waals surface area contributed by atoms with E-state index in [1.54, 1.807) is 18.0 Å². The molecule has 7 nitrogen and oxygen atoms in total. The molecular formula is C21H31ClN4O3. The summed E-state index contributed by atoms with van der Waals surface area (Å²) in [4.78, 5) is 15.0. The van der Waals surface area contributed by atoms with Gasteiger partial charge in [0.1, 0.15) is 6.61 Å². The second kappa shape index (κ2) is 11.8. The molecule has 1 saturated heterocycles. The fourth-order valence-electron chi connectivity index (χ4n) is 3.48. The van der Waals surface area contributed by atoms with Crippen LogP contribution >= 0.6 is 12.4 Å². The number of para-hydroxylation sites is 1. The first-order chi connectivity index (χ1) is 13.7. The van der Waals surface area contributed by atoms with E-state index < -0.39 is 0 Å². The molecule has 29 heavy (non-hydrogen) atoms. The molecule has 160 valence electrons. The normalized spacial score (nSPS) is 14.5. The van der Waals surface area contributed by atoms with Gasteiger partial charge in [-0.2, -0.15) is 5.10 Å². The van der Waals surface area contributed by atoms with Gasteiger partial charge in [-0.05, 0) is 50.9 Å². The second-order valence-electron chi connectivity index (χ2n) is 7.09. The molecule has 1 aliphatic heterocycles. The molecule has 1 amide bonds. The van der Waals surface area contributed by atoms with Crippen LogP contribution < -0.4 is 10.1 Å². The van der Waals surface area contributed by atoms with Crippen LogP contribution in [0.5, 0.6) is 5.75 Å².